The van der Waals surface area contributed by atoms with Crippen molar-refractivity contribution < 1.29 is 4.79 Å². The maximum atomic E-state index is 12.3. The number of nitrogens with zero attached hydrogens (tertiary/aromatic N) is 1. The summed E-state index contributed by atoms with van der Waals surface area (Å²) in [5, 5.41) is 7.12. The highest BCUT2D eigenvalue weighted by molar-refractivity contribution is 9.10. The lowest BCUT2D eigenvalue weighted by Crippen LogP contribution is -2.28. The smallest absolute Gasteiger partial charge is 0.268 e. The number of halogens is 1. The third kappa shape index (κ3) is 3.48. The minimum atomic E-state index is -0.0298. The van der Waals surface area contributed by atoms with E-state index in [1.54, 1.807) is 11.3 Å². The molecule has 1 atom stereocenters. The van der Waals surface area contributed by atoms with E-state index in [-0.39, 0.29) is 11.9 Å². The van der Waals surface area contributed by atoms with Gasteiger partial charge in [0.1, 0.15) is 5.69 Å². The van der Waals surface area contributed by atoms with Gasteiger partial charge in [-0.1, -0.05) is 6.92 Å². The van der Waals surface area contributed by atoms with E-state index in [1.165, 1.54) is 0 Å². The first-order valence-corrected chi connectivity index (χ1v) is 8.04. The average Bonchev–Trinajstić information content (AvgIpc) is 2.99. The van der Waals surface area contributed by atoms with Gasteiger partial charge >= 0.3 is 0 Å². The van der Waals surface area contributed by atoms with Crippen LogP contribution >= 0.6 is 27.3 Å². The Morgan fingerprint density at radius 1 is 1.58 bits per heavy atom. The molecule has 3 nitrogen and oxygen atoms in total. The van der Waals surface area contributed by atoms with Crippen LogP contribution in [-0.2, 0) is 6.54 Å². The van der Waals surface area contributed by atoms with Crippen LogP contribution < -0.4 is 5.32 Å². The lowest BCUT2D eigenvalue weighted by molar-refractivity contribution is 0.0930. The number of carbonyl (C=O) groups is 1. The zero-order valence-electron chi connectivity index (χ0n) is 11.0. The van der Waals surface area contributed by atoms with Crippen LogP contribution in [-0.4, -0.2) is 10.5 Å². The molecule has 2 aromatic heterocycles. The first-order chi connectivity index (χ1) is 9.11. The molecule has 0 saturated carbocycles. The average molecular weight is 341 g/mol. The summed E-state index contributed by atoms with van der Waals surface area (Å²) in [4.78, 5) is 12.3. The van der Waals surface area contributed by atoms with Crippen LogP contribution in [0.1, 0.15) is 42.4 Å². The molecule has 1 amide bonds. The molecule has 0 aliphatic carbocycles. The molecule has 2 rings (SSSR count). The second-order valence-corrected chi connectivity index (χ2v) is 6.18. The second kappa shape index (κ2) is 6.39. The van der Waals surface area contributed by atoms with Crippen molar-refractivity contribution in [1.82, 2.24) is 9.88 Å². The Kier molecular flexibility index (Phi) is 4.82. The molecule has 0 saturated heterocycles. The Morgan fingerprint density at radius 2 is 2.37 bits per heavy atom. The van der Waals surface area contributed by atoms with Crippen molar-refractivity contribution in [2.45, 2.75) is 32.9 Å². The summed E-state index contributed by atoms with van der Waals surface area (Å²) in [7, 11) is 0. The molecular formula is C14H17BrN2OS. The van der Waals surface area contributed by atoms with Crippen LogP contribution in [0.4, 0.5) is 0 Å². The molecule has 2 aromatic rings. The van der Waals surface area contributed by atoms with Gasteiger partial charge in [-0.15, -0.1) is 0 Å². The van der Waals surface area contributed by atoms with E-state index in [0.29, 0.717) is 5.69 Å². The predicted molar refractivity (Wildman–Crippen MR) is 82.6 cm³/mol. The molecule has 1 N–H and O–H groups in total. The highest BCUT2D eigenvalue weighted by Gasteiger charge is 2.16. The van der Waals surface area contributed by atoms with Gasteiger partial charge in [-0.2, -0.15) is 11.3 Å². The maximum absolute atomic E-state index is 12.3. The van der Waals surface area contributed by atoms with Crippen molar-refractivity contribution in [3.63, 3.8) is 0 Å². The first kappa shape index (κ1) is 14.3. The van der Waals surface area contributed by atoms with E-state index in [4.69, 9.17) is 0 Å². The van der Waals surface area contributed by atoms with Crippen molar-refractivity contribution in [3.8, 4) is 0 Å². The number of aromatic nitrogens is 1. The standard InChI is InChI=1S/C14H17BrN2OS/c1-3-5-17-8-12(15)7-13(17)14(18)16-10(2)11-4-6-19-9-11/h4,6-10H,3,5H2,1-2H3,(H,16,18). The Bertz CT molecular complexity index is 548. The topological polar surface area (TPSA) is 34.0 Å². The van der Waals surface area contributed by atoms with E-state index in [1.807, 2.05) is 35.2 Å². The fraction of sp³-hybridized carbons (Fsp3) is 0.357. The van der Waals surface area contributed by atoms with Crippen molar-refractivity contribution in [1.29, 1.82) is 0 Å². The number of hydrogen-bond acceptors (Lipinski definition) is 2. The van der Waals surface area contributed by atoms with Crippen LogP contribution in [0, 0.1) is 0 Å². The summed E-state index contributed by atoms with van der Waals surface area (Å²) in [6, 6.07) is 3.93. The summed E-state index contributed by atoms with van der Waals surface area (Å²) in [6.45, 7) is 4.95. The molecular weight excluding hydrogens is 324 g/mol. The third-order valence-corrected chi connectivity index (χ3v) is 4.09. The van der Waals surface area contributed by atoms with E-state index in [9.17, 15) is 4.79 Å². The third-order valence-electron chi connectivity index (χ3n) is 2.95. The van der Waals surface area contributed by atoms with Crippen LogP contribution in [0.25, 0.3) is 0 Å². The fourth-order valence-electron chi connectivity index (χ4n) is 1.97. The normalized spacial score (nSPS) is 12.4. The molecule has 19 heavy (non-hydrogen) atoms. The van der Waals surface area contributed by atoms with Crippen LogP contribution in [0.3, 0.4) is 0 Å². The van der Waals surface area contributed by atoms with Crippen LogP contribution in [0.5, 0.6) is 0 Å². The van der Waals surface area contributed by atoms with Crippen molar-refractivity contribution in [2.24, 2.45) is 0 Å². The number of hydrogen-bond donors (Lipinski definition) is 1. The van der Waals surface area contributed by atoms with E-state index in [2.05, 4.69) is 33.6 Å². The molecule has 1 unspecified atom stereocenters. The molecule has 0 aliphatic heterocycles. The van der Waals surface area contributed by atoms with Gasteiger partial charge in [0.15, 0.2) is 0 Å². The molecule has 0 aromatic carbocycles. The first-order valence-electron chi connectivity index (χ1n) is 6.30. The largest absolute Gasteiger partial charge is 0.344 e. The summed E-state index contributed by atoms with van der Waals surface area (Å²) in [5.74, 6) is -0.0298. The van der Waals surface area contributed by atoms with Crippen LogP contribution in [0.15, 0.2) is 33.6 Å². The lowest BCUT2D eigenvalue weighted by atomic mass is 10.2. The molecule has 0 spiro atoms. The second-order valence-electron chi connectivity index (χ2n) is 4.49. The quantitative estimate of drug-likeness (QED) is 0.868. The summed E-state index contributed by atoms with van der Waals surface area (Å²) in [5.41, 5.74) is 1.85. The predicted octanol–water partition coefficient (Wildman–Crippen LogP) is 4.21. The zero-order valence-corrected chi connectivity index (χ0v) is 13.4. The highest BCUT2D eigenvalue weighted by Crippen LogP contribution is 2.19. The summed E-state index contributed by atoms with van der Waals surface area (Å²) < 4.78 is 2.93. The molecule has 0 fully saturated rings. The molecule has 0 aliphatic rings. The fourth-order valence-corrected chi connectivity index (χ4v) is 3.18. The minimum Gasteiger partial charge on any atom is -0.344 e. The van der Waals surface area contributed by atoms with E-state index < -0.39 is 0 Å². The SMILES string of the molecule is CCCn1cc(Br)cc1C(=O)NC(C)c1ccsc1. The number of amides is 1. The Hall–Kier alpha value is -1.07. The molecule has 2 heterocycles. The number of thiophene rings is 1. The highest BCUT2D eigenvalue weighted by atomic mass is 79.9. The van der Waals surface area contributed by atoms with Gasteiger partial charge in [-0.05, 0) is 57.7 Å². The van der Waals surface area contributed by atoms with Gasteiger partial charge in [0.05, 0.1) is 6.04 Å². The lowest BCUT2D eigenvalue weighted by Gasteiger charge is -2.14. The molecule has 102 valence electrons. The van der Waals surface area contributed by atoms with E-state index in [0.717, 1.165) is 23.0 Å². The van der Waals surface area contributed by atoms with Crippen molar-refractivity contribution in [2.75, 3.05) is 0 Å². The number of nitrogens with one attached hydrogen (secondary N) is 1. The Balaban J connectivity index is 2.11. The zero-order chi connectivity index (χ0) is 13.8. The van der Waals surface area contributed by atoms with Gasteiger partial charge < -0.3 is 9.88 Å². The number of rotatable bonds is 5. The number of carbonyl (C=O) groups excluding carboxylic acids is 1. The van der Waals surface area contributed by atoms with Gasteiger partial charge in [-0.25, -0.2) is 0 Å². The van der Waals surface area contributed by atoms with Gasteiger partial charge in [0, 0.05) is 17.2 Å². The van der Waals surface area contributed by atoms with E-state index >= 15 is 0 Å². The van der Waals surface area contributed by atoms with Crippen molar-refractivity contribution in [3.05, 3.63) is 44.8 Å². The molecule has 0 radical (unpaired) electrons. The molecule has 0 bridgehead atoms. The van der Waals surface area contributed by atoms with Gasteiger partial charge in [0.25, 0.3) is 5.91 Å². The van der Waals surface area contributed by atoms with Crippen molar-refractivity contribution >= 4 is 33.2 Å². The minimum absolute atomic E-state index is 0.0298. The Labute approximate surface area is 125 Å². The number of aryl methyl sites for hydroxylation is 1. The molecule has 5 heteroatoms. The van der Waals surface area contributed by atoms with Crippen LogP contribution in [0.2, 0.25) is 0 Å². The monoisotopic (exact) mass is 340 g/mol. The Morgan fingerprint density at radius 3 is 3.00 bits per heavy atom. The van der Waals surface area contributed by atoms with Gasteiger partial charge in [0.2, 0.25) is 0 Å². The maximum Gasteiger partial charge on any atom is 0.268 e. The summed E-state index contributed by atoms with van der Waals surface area (Å²) >= 11 is 5.07. The summed E-state index contributed by atoms with van der Waals surface area (Å²) in [6.07, 6.45) is 2.95. The van der Waals surface area contributed by atoms with Gasteiger partial charge in [-0.3, -0.25) is 4.79 Å².